The number of halogens is 4. The van der Waals surface area contributed by atoms with Crippen LogP contribution in [0.25, 0.3) is 0 Å². The molecule has 11 heteroatoms. The van der Waals surface area contributed by atoms with Crippen LogP contribution < -0.4 is 0 Å². The van der Waals surface area contributed by atoms with Crippen molar-refractivity contribution in [2.24, 2.45) is 0 Å². The largest absolute Gasteiger partial charge is 0.458 e. The molecule has 122 valence electrons. The first-order valence-electron chi connectivity index (χ1n) is 5.58. The van der Waals surface area contributed by atoms with Gasteiger partial charge in [0, 0.05) is 6.07 Å². The number of nitro groups is 1. The second-order valence-corrected chi connectivity index (χ2v) is 5.36. The van der Waals surface area contributed by atoms with Crippen molar-refractivity contribution in [3.63, 3.8) is 0 Å². The van der Waals surface area contributed by atoms with Crippen LogP contribution in [-0.4, -0.2) is 39.8 Å². The minimum absolute atomic E-state index is 0.301. The van der Waals surface area contributed by atoms with Crippen molar-refractivity contribution in [3.8, 4) is 0 Å². The molecule has 1 rings (SSSR count). The first-order chi connectivity index (χ1) is 10.1. The second kappa shape index (κ2) is 7.29. The van der Waals surface area contributed by atoms with E-state index in [4.69, 9.17) is 0 Å². The normalized spacial score (nSPS) is 13.0. The molecule has 1 aromatic rings. The predicted molar refractivity (Wildman–Crippen MR) is 66.3 cm³/mol. The zero-order chi connectivity index (χ0) is 16.9. The van der Waals surface area contributed by atoms with Crippen molar-refractivity contribution in [1.29, 1.82) is 0 Å². The van der Waals surface area contributed by atoms with E-state index in [9.17, 15) is 36.7 Å². The highest BCUT2D eigenvalue weighted by atomic mass is 32.2. The molecule has 0 spiro atoms. The standard InChI is InChI=1S/C11H9F4NO5S/c12-10(13)11(14,15)6-21-9(17)5-22(20)8-4-2-1-3-7(8)16(18)19/h1-4,10H,5-6H2. The third-order valence-electron chi connectivity index (χ3n) is 2.30. The topological polar surface area (TPSA) is 86.5 Å². The molecule has 0 aliphatic carbocycles. The minimum atomic E-state index is -4.52. The molecule has 0 heterocycles. The summed E-state index contributed by atoms with van der Waals surface area (Å²) in [4.78, 5) is 20.8. The highest BCUT2D eigenvalue weighted by Gasteiger charge is 2.42. The van der Waals surface area contributed by atoms with Gasteiger partial charge in [0.2, 0.25) is 0 Å². The summed E-state index contributed by atoms with van der Waals surface area (Å²) in [5, 5.41) is 10.7. The van der Waals surface area contributed by atoms with Crippen LogP contribution in [0.2, 0.25) is 0 Å². The molecule has 22 heavy (non-hydrogen) atoms. The zero-order valence-electron chi connectivity index (χ0n) is 10.7. The molecule has 0 saturated heterocycles. The molecule has 0 aliphatic heterocycles. The summed E-state index contributed by atoms with van der Waals surface area (Å²) >= 11 is 0. The summed E-state index contributed by atoms with van der Waals surface area (Å²) in [6.45, 7) is -1.86. The number of esters is 1. The van der Waals surface area contributed by atoms with Gasteiger partial charge in [-0.05, 0) is 6.07 Å². The molecule has 0 N–H and O–H groups in total. The first kappa shape index (κ1) is 18.0. The predicted octanol–water partition coefficient (Wildman–Crippen LogP) is 2.15. The number of nitrogens with zero attached hydrogens (tertiary/aromatic N) is 1. The Bertz CT molecular complexity index is 596. The van der Waals surface area contributed by atoms with Crippen molar-refractivity contribution in [1.82, 2.24) is 0 Å². The van der Waals surface area contributed by atoms with Gasteiger partial charge in [-0.25, -0.2) is 8.78 Å². The van der Waals surface area contributed by atoms with Gasteiger partial charge in [0.05, 0.1) is 15.7 Å². The molecule has 0 bridgehead atoms. The average Bonchev–Trinajstić information content (AvgIpc) is 2.45. The lowest BCUT2D eigenvalue weighted by Gasteiger charge is -2.14. The van der Waals surface area contributed by atoms with Gasteiger partial charge in [0.15, 0.2) is 6.61 Å². The number of alkyl halides is 4. The summed E-state index contributed by atoms with van der Waals surface area (Å²) in [5.41, 5.74) is -0.522. The number of hydrogen-bond donors (Lipinski definition) is 0. The Kier molecular flexibility index (Phi) is 5.97. The lowest BCUT2D eigenvalue weighted by atomic mass is 10.3. The van der Waals surface area contributed by atoms with Crippen LogP contribution in [0, 0.1) is 10.1 Å². The van der Waals surface area contributed by atoms with Crippen LogP contribution in [0.15, 0.2) is 29.2 Å². The van der Waals surface area contributed by atoms with Crippen molar-refractivity contribution in [2.45, 2.75) is 17.2 Å². The number of rotatable bonds is 7. The van der Waals surface area contributed by atoms with Gasteiger partial charge in [-0.15, -0.1) is 0 Å². The molecule has 0 saturated carbocycles. The molecule has 0 radical (unpaired) electrons. The molecular weight excluding hydrogens is 334 g/mol. The number of benzene rings is 1. The van der Waals surface area contributed by atoms with Crippen molar-refractivity contribution in [2.75, 3.05) is 12.4 Å². The molecule has 1 aromatic carbocycles. The second-order valence-electron chi connectivity index (χ2n) is 3.94. The fourth-order valence-corrected chi connectivity index (χ4v) is 2.33. The Labute approximate surface area is 123 Å². The molecule has 0 aromatic heterocycles. The van der Waals surface area contributed by atoms with Crippen molar-refractivity contribution < 1.29 is 36.2 Å². The van der Waals surface area contributed by atoms with E-state index in [1.165, 1.54) is 12.1 Å². The monoisotopic (exact) mass is 343 g/mol. The maximum atomic E-state index is 12.5. The van der Waals surface area contributed by atoms with Crippen LogP contribution in [0.3, 0.4) is 0 Å². The number of nitro benzene ring substituents is 1. The third-order valence-corrected chi connectivity index (χ3v) is 3.63. The van der Waals surface area contributed by atoms with Crippen molar-refractivity contribution >= 4 is 22.5 Å². The Hall–Kier alpha value is -2.04. The van der Waals surface area contributed by atoms with Crippen LogP contribution in [0.1, 0.15) is 0 Å². The number of carbonyl (C=O) groups excluding carboxylic acids is 1. The maximum absolute atomic E-state index is 12.5. The number of para-hydroxylation sites is 1. The number of hydrogen-bond acceptors (Lipinski definition) is 5. The number of ether oxygens (including phenoxy) is 1. The summed E-state index contributed by atoms with van der Waals surface area (Å²) in [6, 6.07) is 4.80. The quantitative estimate of drug-likeness (QED) is 0.328. The van der Waals surface area contributed by atoms with Gasteiger partial charge in [0.25, 0.3) is 5.69 Å². The Morgan fingerprint density at radius 1 is 1.36 bits per heavy atom. The fraction of sp³-hybridized carbons (Fsp3) is 0.364. The lowest BCUT2D eigenvalue weighted by molar-refractivity contribution is -0.387. The van der Waals surface area contributed by atoms with E-state index in [1.807, 2.05) is 0 Å². The summed E-state index contributed by atoms with van der Waals surface area (Å²) in [6.07, 6.45) is -4.01. The SMILES string of the molecule is O=C(CS(=O)c1ccccc1[N+](=O)[O-])OCC(F)(F)C(F)F. The Balaban J connectivity index is 2.70. The summed E-state index contributed by atoms with van der Waals surface area (Å²) in [7, 11) is -2.23. The van der Waals surface area contributed by atoms with Gasteiger partial charge in [-0.1, -0.05) is 12.1 Å². The lowest BCUT2D eigenvalue weighted by Crippen LogP contribution is -2.34. The molecule has 0 aliphatic rings. The van der Waals surface area contributed by atoms with E-state index in [-0.39, 0.29) is 4.90 Å². The van der Waals surface area contributed by atoms with E-state index in [0.717, 1.165) is 12.1 Å². The van der Waals surface area contributed by atoms with Gasteiger partial charge in [-0.3, -0.25) is 19.1 Å². The van der Waals surface area contributed by atoms with Crippen LogP contribution in [-0.2, 0) is 20.3 Å². The smallest absolute Gasteiger partial charge is 0.340 e. The van der Waals surface area contributed by atoms with E-state index in [0.29, 0.717) is 0 Å². The zero-order valence-corrected chi connectivity index (χ0v) is 11.5. The van der Waals surface area contributed by atoms with Gasteiger partial charge < -0.3 is 4.74 Å². The third kappa shape index (κ3) is 4.76. The van der Waals surface area contributed by atoms with Crippen LogP contribution in [0.4, 0.5) is 23.2 Å². The van der Waals surface area contributed by atoms with Crippen LogP contribution >= 0.6 is 0 Å². The Morgan fingerprint density at radius 2 is 1.95 bits per heavy atom. The fourth-order valence-electron chi connectivity index (χ4n) is 1.27. The summed E-state index contributed by atoms with van der Waals surface area (Å²) < 4.78 is 64.5. The highest BCUT2D eigenvalue weighted by molar-refractivity contribution is 7.85. The molecule has 0 amide bonds. The molecule has 0 fully saturated rings. The highest BCUT2D eigenvalue weighted by Crippen LogP contribution is 2.24. The first-order valence-corrected chi connectivity index (χ1v) is 6.90. The van der Waals surface area contributed by atoms with E-state index < -0.39 is 52.1 Å². The molecule has 1 atom stereocenters. The van der Waals surface area contributed by atoms with E-state index >= 15 is 0 Å². The molecular formula is C11H9F4NO5S. The van der Waals surface area contributed by atoms with E-state index in [2.05, 4.69) is 4.74 Å². The average molecular weight is 343 g/mol. The molecule has 1 unspecified atom stereocenters. The van der Waals surface area contributed by atoms with Crippen LogP contribution in [0.5, 0.6) is 0 Å². The van der Waals surface area contributed by atoms with Gasteiger partial charge in [-0.2, -0.15) is 8.78 Å². The van der Waals surface area contributed by atoms with Crippen molar-refractivity contribution in [3.05, 3.63) is 34.4 Å². The summed E-state index contributed by atoms with van der Waals surface area (Å²) in [5.74, 6) is -6.92. The van der Waals surface area contributed by atoms with E-state index in [1.54, 1.807) is 0 Å². The molecule has 6 nitrogen and oxygen atoms in total. The minimum Gasteiger partial charge on any atom is -0.458 e. The maximum Gasteiger partial charge on any atom is 0.340 e. The van der Waals surface area contributed by atoms with Gasteiger partial charge in [0.1, 0.15) is 10.6 Å². The van der Waals surface area contributed by atoms with Gasteiger partial charge >= 0.3 is 18.3 Å². The Morgan fingerprint density at radius 3 is 2.50 bits per heavy atom. The number of carbonyl (C=O) groups is 1.